The third-order valence-corrected chi connectivity index (χ3v) is 10.9. The second kappa shape index (κ2) is 19.0. The molecule has 0 aromatic heterocycles. The fourth-order valence-electron chi connectivity index (χ4n) is 6.60. The van der Waals surface area contributed by atoms with Crippen LogP contribution in [0, 0.1) is 0 Å². The highest BCUT2D eigenvalue weighted by Crippen LogP contribution is 2.42. The van der Waals surface area contributed by atoms with Crippen LogP contribution in [0.2, 0.25) is 0 Å². The van der Waals surface area contributed by atoms with Crippen molar-refractivity contribution in [1.29, 1.82) is 0 Å². The lowest BCUT2D eigenvalue weighted by atomic mass is 9.89. The van der Waals surface area contributed by atoms with E-state index in [9.17, 15) is 47.4 Å². The lowest BCUT2D eigenvalue weighted by Gasteiger charge is -2.19. The molecule has 6 rings (SSSR count). The standard InChI is InChI=1S/C44H38ClN3O12S/c45-24-37(51)26-6-4-25(5-7-26)18-20-59-44(56)36(3-1-2-19-47-41(52)27-8-13-31(14-9-27)61(46,57)58)48-42(53)28-10-15-32(35(21-28)43(54)55)40-33-16-11-29(49)22-38(33)60-39-23-30(50)12-17-34(39)40/h4-17,21-23,36,49H,1-3,18-20,24H2,(H,47,52)(H,48,53)(H,54,55)(H2,46,57,58). The monoisotopic (exact) mass is 867 g/mol. The Balaban J connectivity index is 1.19. The summed E-state index contributed by atoms with van der Waals surface area (Å²) < 4.78 is 34.5. The minimum absolute atomic E-state index is 0.0664. The summed E-state index contributed by atoms with van der Waals surface area (Å²) in [5, 5.41) is 31.5. The number of halogens is 1. The van der Waals surface area contributed by atoms with Crippen molar-refractivity contribution in [1.82, 2.24) is 10.6 Å². The lowest BCUT2D eigenvalue weighted by molar-refractivity contribution is -0.146. The summed E-state index contributed by atoms with van der Waals surface area (Å²) in [4.78, 5) is 76.6. The predicted octanol–water partition coefficient (Wildman–Crippen LogP) is 5.52. The summed E-state index contributed by atoms with van der Waals surface area (Å²) in [6, 6.07) is 22.9. The molecule has 61 heavy (non-hydrogen) atoms. The molecular weight excluding hydrogens is 830 g/mol. The molecule has 2 aliphatic rings. The van der Waals surface area contributed by atoms with E-state index in [0.29, 0.717) is 41.3 Å². The number of nitrogens with one attached hydrogen (secondary N) is 2. The molecule has 0 bridgehead atoms. The molecule has 6 N–H and O–H groups in total. The molecule has 1 heterocycles. The number of carbonyl (C=O) groups is 5. The zero-order valence-corrected chi connectivity index (χ0v) is 33.8. The number of carbonyl (C=O) groups excluding carboxylic acids is 4. The van der Waals surface area contributed by atoms with Crippen LogP contribution in [0.5, 0.6) is 5.75 Å². The van der Waals surface area contributed by atoms with Gasteiger partial charge in [0.05, 0.1) is 22.9 Å². The maximum atomic E-state index is 13.8. The first-order valence-electron chi connectivity index (χ1n) is 18.8. The van der Waals surface area contributed by atoms with Gasteiger partial charge in [-0.05, 0) is 91.1 Å². The number of phenols is 1. The van der Waals surface area contributed by atoms with Crippen LogP contribution in [0.3, 0.4) is 0 Å². The van der Waals surface area contributed by atoms with Gasteiger partial charge in [-0.2, -0.15) is 0 Å². The first-order chi connectivity index (χ1) is 29.1. The van der Waals surface area contributed by atoms with Gasteiger partial charge in [0.25, 0.3) is 11.8 Å². The van der Waals surface area contributed by atoms with Crippen LogP contribution in [0.4, 0.5) is 0 Å². The minimum atomic E-state index is -3.93. The fourth-order valence-corrected chi connectivity index (χ4v) is 7.27. The Morgan fingerprint density at radius 1 is 0.803 bits per heavy atom. The van der Waals surface area contributed by atoms with Crippen LogP contribution >= 0.6 is 11.6 Å². The Morgan fingerprint density at radius 2 is 1.49 bits per heavy atom. The average Bonchev–Trinajstić information content (AvgIpc) is 3.24. The van der Waals surface area contributed by atoms with E-state index in [1.165, 1.54) is 72.8 Å². The number of primary sulfonamides is 1. The number of ether oxygens (including phenoxy) is 1. The van der Waals surface area contributed by atoms with E-state index in [1.807, 2.05) is 0 Å². The zero-order chi connectivity index (χ0) is 43.8. The van der Waals surface area contributed by atoms with E-state index in [4.69, 9.17) is 25.9 Å². The number of esters is 1. The van der Waals surface area contributed by atoms with E-state index < -0.39 is 39.8 Å². The smallest absolute Gasteiger partial charge is 0.336 e. The van der Waals surface area contributed by atoms with E-state index in [-0.39, 0.29) is 80.9 Å². The highest BCUT2D eigenvalue weighted by Gasteiger charge is 2.26. The number of benzene rings is 5. The molecule has 1 unspecified atom stereocenters. The van der Waals surface area contributed by atoms with Gasteiger partial charge in [0.2, 0.25) is 10.0 Å². The fraction of sp³-hybridized carbons (Fsp3) is 0.182. The minimum Gasteiger partial charge on any atom is -0.508 e. The lowest BCUT2D eigenvalue weighted by Crippen LogP contribution is -2.42. The van der Waals surface area contributed by atoms with Crippen LogP contribution in [-0.4, -0.2) is 73.2 Å². The van der Waals surface area contributed by atoms with Crippen molar-refractivity contribution >= 4 is 62.1 Å². The third-order valence-electron chi connectivity index (χ3n) is 9.73. The molecule has 0 radical (unpaired) electrons. The van der Waals surface area contributed by atoms with Crippen molar-refractivity contribution in [2.75, 3.05) is 19.0 Å². The van der Waals surface area contributed by atoms with E-state index >= 15 is 0 Å². The van der Waals surface area contributed by atoms with E-state index in [0.717, 1.165) is 5.56 Å². The van der Waals surface area contributed by atoms with Crippen LogP contribution in [-0.2, 0) is 26.0 Å². The number of amides is 2. The van der Waals surface area contributed by atoms with Gasteiger partial charge >= 0.3 is 11.9 Å². The molecule has 1 atom stereocenters. The number of phenolic OH excluding ortho intramolecular Hbond substituents is 1. The Kier molecular flexibility index (Phi) is 13.6. The van der Waals surface area contributed by atoms with Crippen molar-refractivity contribution < 1.29 is 51.8 Å². The number of hydrogen-bond acceptors (Lipinski definition) is 11. The second-order valence-corrected chi connectivity index (χ2v) is 15.7. The van der Waals surface area contributed by atoms with Crippen molar-refractivity contribution in [3.63, 3.8) is 0 Å². The molecule has 0 fully saturated rings. The number of alkyl halides is 1. The SMILES string of the molecule is NS(=O)(=O)c1ccc(C(=O)NCCCCC(NC(=O)c2ccc(-c3c4ccc(=O)cc-4oc4cc(O)ccc34)c(C(=O)O)c2)C(=O)OCCc2ccc(C(=O)CCl)cc2)cc1. The first kappa shape index (κ1) is 43.7. The number of ketones is 1. The number of aromatic hydroxyl groups is 1. The Morgan fingerprint density at radius 3 is 2.18 bits per heavy atom. The molecule has 4 aromatic rings. The zero-order valence-electron chi connectivity index (χ0n) is 32.2. The Hall–Kier alpha value is -6.88. The van der Waals surface area contributed by atoms with Gasteiger partial charge in [-0.25, -0.2) is 23.1 Å². The summed E-state index contributed by atoms with van der Waals surface area (Å²) in [5.74, 6) is -3.74. The normalized spacial score (nSPS) is 11.8. The highest BCUT2D eigenvalue weighted by molar-refractivity contribution is 7.89. The third kappa shape index (κ3) is 10.7. The maximum Gasteiger partial charge on any atom is 0.336 e. The second-order valence-electron chi connectivity index (χ2n) is 13.9. The van der Waals surface area contributed by atoms with Crippen LogP contribution in [0.15, 0.2) is 117 Å². The average molecular weight is 868 g/mol. The molecule has 314 valence electrons. The predicted molar refractivity (Wildman–Crippen MR) is 225 cm³/mol. The van der Waals surface area contributed by atoms with Gasteiger partial charge < -0.3 is 30.0 Å². The molecule has 0 spiro atoms. The van der Waals surface area contributed by atoms with Crippen molar-refractivity contribution in [2.24, 2.45) is 5.14 Å². The number of rotatable bonds is 17. The van der Waals surface area contributed by atoms with Gasteiger partial charge in [0, 0.05) is 58.3 Å². The number of unbranched alkanes of at least 4 members (excludes halogenated alkanes) is 1. The molecule has 0 saturated carbocycles. The quantitative estimate of drug-likeness (QED) is 0.0250. The number of nitrogens with two attached hydrogens (primary N) is 1. The molecule has 4 aromatic carbocycles. The van der Waals surface area contributed by atoms with Gasteiger partial charge in [-0.1, -0.05) is 30.3 Å². The Bertz CT molecular complexity index is 2790. The number of aromatic carboxylic acids is 1. The number of sulfonamides is 1. The molecule has 2 amide bonds. The summed E-state index contributed by atoms with van der Waals surface area (Å²) in [5.41, 5.74) is 1.88. The molecule has 1 aliphatic heterocycles. The van der Waals surface area contributed by atoms with Gasteiger partial charge in [0.1, 0.15) is 23.1 Å². The number of carboxylic acid groups (broad SMARTS) is 1. The molecular formula is C44H38ClN3O12S. The number of Topliss-reactive ketones (excluding diaryl/α,β-unsaturated/α-hetero) is 1. The number of carboxylic acids is 1. The van der Waals surface area contributed by atoms with Crippen LogP contribution < -0.4 is 21.2 Å². The first-order valence-corrected chi connectivity index (χ1v) is 20.8. The molecule has 15 nitrogen and oxygen atoms in total. The van der Waals surface area contributed by atoms with Gasteiger partial charge in [-0.15, -0.1) is 11.6 Å². The summed E-state index contributed by atoms with van der Waals surface area (Å²) in [6.07, 6.45) is 1.05. The number of fused-ring (bicyclic) bond motifs is 2. The Labute approximate surface area is 353 Å². The van der Waals surface area contributed by atoms with Crippen LogP contribution in [0.1, 0.15) is 66.3 Å². The van der Waals surface area contributed by atoms with Crippen molar-refractivity contribution in [3.05, 3.63) is 141 Å². The summed E-state index contributed by atoms with van der Waals surface area (Å²) in [6.45, 7) is 0.103. The van der Waals surface area contributed by atoms with Gasteiger partial charge in [0.15, 0.2) is 11.2 Å². The van der Waals surface area contributed by atoms with E-state index in [1.54, 1.807) is 30.3 Å². The van der Waals surface area contributed by atoms with Crippen LogP contribution in [0.25, 0.3) is 33.4 Å². The molecule has 1 aliphatic carbocycles. The largest absolute Gasteiger partial charge is 0.508 e. The highest BCUT2D eigenvalue weighted by atomic mass is 35.5. The van der Waals surface area contributed by atoms with Crippen molar-refractivity contribution in [3.8, 4) is 28.2 Å². The summed E-state index contributed by atoms with van der Waals surface area (Å²) >= 11 is 5.64. The molecule has 17 heteroatoms. The topological polar surface area (TPSA) is 249 Å². The summed E-state index contributed by atoms with van der Waals surface area (Å²) in [7, 11) is -3.93. The number of hydrogen-bond donors (Lipinski definition) is 5. The molecule has 0 saturated heterocycles. The van der Waals surface area contributed by atoms with E-state index in [2.05, 4.69) is 10.6 Å². The van der Waals surface area contributed by atoms with Gasteiger partial charge in [-0.3, -0.25) is 19.2 Å². The van der Waals surface area contributed by atoms with Crippen molar-refractivity contribution in [2.45, 2.75) is 36.6 Å². The maximum absolute atomic E-state index is 13.8.